The quantitative estimate of drug-likeness (QED) is 0.342. The maximum absolute atomic E-state index is 13.6. The number of ether oxygens (including phenoxy) is 1. The highest BCUT2D eigenvalue weighted by atomic mass is 16.5. The fourth-order valence-corrected chi connectivity index (χ4v) is 4.46. The number of amides is 5. The Labute approximate surface area is 233 Å². The zero-order chi connectivity index (χ0) is 28.6. The summed E-state index contributed by atoms with van der Waals surface area (Å²) in [6.07, 6.45) is -0.535. The van der Waals surface area contributed by atoms with Crippen LogP contribution in [0.25, 0.3) is 0 Å². The second kappa shape index (κ2) is 13.0. The lowest BCUT2D eigenvalue weighted by molar-refractivity contribution is 0.0373. The minimum atomic E-state index is -0.535. The molecule has 0 bridgehead atoms. The molecule has 1 heterocycles. The van der Waals surface area contributed by atoms with Gasteiger partial charge in [0.15, 0.2) is 5.75 Å². The molecular weight excluding hydrogens is 510 g/mol. The molecule has 0 unspecified atom stereocenters. The van der Waals surface area contributed by atoms with E-state index in [0.717, 1.165) is 0 Å². The highest BCUT2D eigenvalue weighted by Gasteiger charge is 2.35. The number of para-hydroxylation sites is 3. The zero-order valence-electron chi connectivity index (χ0n) is 22.8. The van der Waals surface area contributed by atoms with Crippen molar-refractivity contribution in [2.24, 2.45) is 5.92 Å². The second-order valence-electron chi connectivity index (χ2n) is 9.93. The van der Waals surface area contributed by atoms with Crippen LogP contribution in [-0.4, -0.2) is 71.8 Å². The molecule has 0 aromatic heterocycles. The lowest BCUT2D eigenvalue weighted by atomic mass is 9.99. The first kappa shape index (κ1) is 28.4. The van der Waals surface area contributed by atoms with Crippen LogP contribution in [0.2, 0.25) is 0 Å². The predicted molar refractivity (Wildman–Crippen MR) is 155 cm³/mol. The minimum Gasteiger partial charge on any atom is -0.485 e. The minimum absolute atomic E-state index is 0.208. The number of hydrogen-bond acceptors (Lipinski definition) is 5. The zero-order valence-corrected chi connectivity index (χ0v) is 22.8. The Morgan fingerprint density at radius 3 is 2.23 bits per heavy atom. The molecule has 0 aliphatic carbocycles. The number of carbonyl (C=O) groups excluding carboxylic acids is 3. The van der Waals surface area contributed by atoms with Gasteiger partial charge in [0, 0.05) is 30.9 Å². The van der Waals surface area contributed by atoms with Gasteiger partial charge in [-0.05, 0) is 43.3 Å². The number of rotatable bonds is 7. The van der Waals surface area contributed by atoms with Gasteiger partial charge in [-0.2, -0.15) is 0 Å². The van der Waals surface area contributed by atoms with Crippen LogP contribution in [0, 0.1) is 5.92 Å². The molecule has 3 atom stereocenters. The standard InChI is InChI=1S/C30H35N5O5/c1-20-17-35(21(2)19-36)28(37)24-15-10-16-25(33-29(38)31-22-11-6-4-7-12-22)27(24)40-26(20)18-34(3)30(39)32-23-13-8-5-9-14-23/h4-16,20-21,26,36H,17-19H2,1-3H3,(H,32,39)(H2,31,33,38)/t20-,21-,26-/m0/s1. The van der Waals surface area contributed by atoms with Crippen LogP contribution in [0.15, 0.2) is 78.9 Å². The Bertz CT molecular complexity index is 1320. The molecule has 3 aromatic carbocycles. The van der Waals surface area contributed by atoms with E-state index in [1.807, 2.05) is 43.3 Å². The van der Waals surface area contributed by atoms with E-state index in [4.69, 9.17) is 4.74 Å². The third kappa shape index (κ3) is 6.89. The van der Waals surface area contributed by atoms with E-state index >= 15 is 0 Å². The van der Waals surface area contributed by atoms with Crippen molar-refractivity contribution < 1.29 is 24.2 Å². The molecule has 10 heteroatoms. The first-order valence-corrected chi connectivity index (χ1v) is 13.2. The summed E-state index contributed by atoms with van der Waals surface area (Å²) in [4.78, 5) is 42.6. The molecule has 210 valence electrons. The number of urea groups is 2. The van der Waals surface area contributed by atoms with Crippen molar-refractivity contribution in [3.05, 3.63) is 84.4 Å². The van der Waals surface area contributed by atoms with Gasteiger partial charge in [-0.3, -0.25) is 4.79 Å². The Kier molecular flexibility index (Phi) is 9.23. The van der Waals surface area contributed by atoms with Gasteiger partial charge in [0.05, 0.1) is 30.4 Å². The number of carbonyl (C=O) groups is 3. The number of aliphatic hydroxyl groups is 1. The summed E-state index contributed by atoms with van der Waals surface area (Å²) in [7, 11) is 1.67. The fourth-order valence-electron chi connectivity index (χ4n) is 4.46. The van der Waals surface area contributed by atoms with E-state index in [1.54, 1.807) is 61.3 Å². The molecule has 4 N–H and O–H groups in total. The van der Waals surface area contributed by atoms with E-state index < -0.39 is 18.2 Å². The molecule has 0 saturated heterocycles. The lowest BCUT2D eigenvalue weighted by Crippen LogP contribution is -2.50. The smallest absolute Gasteiger partial charge is 0.323 e. The van der Waals surface area contributed by atoms with Crippen LogP contribution in [0.1, 0.15) is 24.2 Å². The maximum atomic E-state index is 13.6. The van der Waals surface area contributed by atoms with Gasteiger partial charge in [0.2, 0.25) is 0 Å². The van der Waals surface area contributed by atoms with Gasteiger partial charge in [-0.15, -0.1) is 0 Å². The monoisotopic (exact) mass is 545 g/mol. The summed E-state index contributed by atoms with van der Waals surface area (Å²) < 4.78 is 6.46. The summed E-state index contributed by atoms with van der Waals surface area (Å²) >= 11 is 0. The van der Waals surface area contributed by atoms with E-state index in [2.05, 4.69) is 16.0 Å². The third-order valence-electron chi connectivity index (χ3n) is 6.80. The summed E-state index contributed by atoms with van der Waals surface area (Å²) in [6, 6.07) is 21.8. The van der Waals surface area contributed by atoms with Crippen molar-refractivity contribution in [1.29, 1.82) is 0 Å². The Hall–Kier alpha value is -4.57. The second-order valence-corrected chi connectivity index (χ2v) is 9.93. The van der Waals surface area contributed by atoms with Crippen molar-refractivity contribution in [2.45, 2.75) is 26.0 Å². The summed E-state index contributed by atoms with van der Waals surface area (Å²) in [5.41, 5.74) is 1.84. The highest BCUT2D eigenvalue weighted by Crippen LogP contribution is 2.35. The van der Waals surface area contributed by atoms with Crippen molar-refractivity contribution in [3.8, 4) is 5.75 Å². The number of hydrogen-bond donors (Lipinski definition) is 4. The molecule has 0 radical (unpaired) electrons. The predicted octanol–water partition coefficient (Wildman–Crippen LogP) is 4.71. The molecule has 10 nitrogen and oxygen atoms in total. The van der Waals surface area contributed by atoms with Crippen LogP contribution in [-0.2, 0) is 0 Å². The number of fused-ring (bicyclic) bond motifs is 1. The summed E-state index contributed by atoms with van der Waals surface area (Å²) in [5.74, 6) is -0.326. The van der Waals surface area contributed by atoms with Gasteiger partial charge < -0.3 is 35.6 Å². The normalized spacial score (nSPS) is 17.4. The number of anilines is 3. The Morgan fingerprint density at radius 2 is 1.60 bits per heavy atom. The van der Waals surface area contributed by atoms with Crippen LogP contribution in [0.4, 0.5) is 26.7 Å². The first-order chi connectivity index (χ1) is 19.3. The number of likely N-dealkylation sites (N-methyl/N-ethyl adjacent to an activating group) is 1. The van der Waals surface area contributed by atoms with Gasteiger partial charge in [0.1, 0.15) is 6.10 Å². The van der Waals surface area contributed by atoms with E-state index in [9.17, 15) is 19.5 Å². The molecule has 0 spiro atoms. The van der Waals surface area contributed by atoms with Crippen molar-refractivity contribution in [3.63, 3.8) is 0 Å². The lowest BCUT2D eigenvalue weighted by Gasteiger charge is -2.38. The van der Waals surface area contributed by atoms with Crippen molar-refractivity contribution in [2.75, 3.05) is 42.7 Å². The SMILES string of the molecule is C[C@H]1CN([C@@H](C)CO)C(=O)c2cccc(NC(=O)Nc3ccccc3)c2O[C@H]1CN(C)C(=O)Nc1ccccc1. The molecule has 1 aliphatic heterocycles. The highest BCUT2D eigenvalue weighted by molar-refractivity contribution is 6.04. The van der Waals surface area contributed by atoms with Gasteiger partial charge in [0.25, 0.3) is 5.91 Å². The maximum Gasteiger partial charge on any atom is 0.323 e. The summed E-state index contributed by atoms with van der Waals surface area (Å²) in [5, 5.41) is 18.3. The summed E-state index contributed by atoms with van der Waals surface area (Å²) in [6.45, 7) is 4.01. The molecule has 3 aromatic rings. The molecule has 0 saturated carbocycles. The topological polar surface area (TPSA) is 123 Å². The third-order valence-corrected chi connectivity index (χ3v) is 6.80. The van der Waals surface area contributed by atoms with Gasteiger partial charge >= 0.3 is 12.1 Å². The molecule has 4 rings (SSSR count). The van der Waals surface area contributed by atoms with Gasteiger partial charge in [-0.25, -0.2) is 9.59 Å². The first-order valence-electron chi connectivity index (χ1n) is 13.2. The average molecular weight is 546 g/mol. The number of aliphatic hydroxyl groups excluding tert-OH is 1. The van der Waals surface area contributed by atoms with E-state index in [-0.39, 0.29) is 42.3 Å². The number of nitrogens with zero attached hydrogens (tertiary/aromatic N) is 2. The Balaban J connectivity index is 1.62. The largest absolute Gasteiger partial charge is 0.485 e. The fraction of sp³-hybridized carbons (Fsp3) is 0.300. The molecule has 5 amide bonds. The van der Waals surface area contributed by atoms with Crippen LogP contribution in [0.5, 0.6) is 5.75 Å². The molecule has 40 heavy (non-hydrogen) atoms. The van der Waals surface area contributed by atoms with Crippen molar-refractivity contribution >= 4 is 35.0 Å². The van der Waals surface area contributed by atoms with E-state index in [1.165, 1.54) is 4.90 Å². The number of benzene rings is 3. The van der Waals surface area contributed by atoms with E-state index in [0.29, 0.717) is 23.6 Å². The Morgan fingerprint density at radius 1 is 0.975 bits per heavy atom. The van der Waals surface area contributed by atoms with Gasteiger partial charge in [-0.1, -0.05) is 49.4 Å². The van der Waals surface area contributed by atoms with Crippen molar-refractivity contribution in [1.82, 2.24) is 9.80 Å². The van der Waals surface area contributed by atoms with Crippen LogP contribution >= 0.6 is 0 Å². The van der Waals surface area contributed by atoms with Crippen LogP contribution < -0.4 is 20.7 Å². The van der Waals surface area contributed by atoms with Crippen LogP contribution in [0.3, 0.4) is 0 Å². The molecule has 0 fully saturated rings. The molecular formula is C30H35N5O5. The molecule has 1 aliphatic rings. The average Bonchev–Trinajstić information content (AvgIpc) is 2.95. The number of nitrogens with one attached hydrogen (secondary N) is 3.